The van der Waals surface area contributed by atoms with Crippen molar-refractivity contribution in [2.75, 3.05) is 55.3 Å². The average Bonchev–Trinajstić information content (AvgIpc) is 3.43. The van der Waals surface area contributed by atoms with Crippen molar-refractivity contribution >= 4 is 29.0 Å². The maximum absolute atomic E-state index is 13.1. The summed E-state index contributed by atoms with van der Waals surface area (Å²) < 4.78 is 46.1. The number of benzene rings is 2. The van der Waals surface area contributed by atoms with E-state index in [1.165, 1.54) is 29.5 Å². The van der Waals surface area contributed by atoms with Crippen LogP contribution in [0.15, 0.2) is 61.2 Å². The van der Waals surface area contributed by atoms with Crippen LogP contribution >= 0.6 is 0 Å². The maximum Gasteiger partial charge on any atom is 0.416 e. The van der Waals surface area contributed by atoms with Crippen molar-refractivity contribution in [2.45, 2.75) is 13.1 Å². The second-order valence-corrected chi connectivity index (χ2v) is 9.33. The van der Waals surface area contributed by atoms with Crippen LogP contribution in [-0.4, -0.2) is 74.9 Å². The minimum absolute atomic E-state index is 0.104. The predicted octanol–water partition coefficient (Wildman–Crippen LogP) is 4.12. The van der Waals surface area contributed by atoms with E-state index in [9.17, 15) is 18.0 Å². The first kappa shape index (κ1) is 28.0. The van der Waals surface area contributed by atoms with Gasteiger partial charge in [-0.3, -0.25) is 9.69 Å². The third-order valence-electron chi connectivity index (χ3n) is 6.45. The van der Waals surface area contributed by atoms with Crippen LogP contribution in [0.3, 0.4) is 0 Å². The summed E-state index contributed by atoms with van der Waals surface area (Å²) >= 11 is 0. The number of rotatable bonds is 9. The fourth-order valence-corrected chi connectivity index (χ4v) is 4.22. The largest absolute Gasteiger partial charge is 0.416 e. The Balaban J connectivity index is 1.27. The van der Waals surface area contributed by atoms with E-state index in [1.807, 2.05) is 6.92 Å². The minimum atomic E-state index is -4.55. The highest BCUT2D eigenvalue weighted by Crippen LogP contribution is 2.30. The van der Waals surface area contributed by atoms with Gasteiger partial charge >= 0.3 is 6.18 Å². The number of hydrogen-bond acceptors (Lipinski definition) is 9. The summed E-state index contributed by atoms with van der Waals surface area (Å²) in [6, 6.07) is 11.1. The SMILES string of the molecule is Cc1ccc(NC(=O)c2cccc(C(F)(F)F)c2)cc1Nc1ncnn1-c1cc(NCCN2CCOCC2)ncn1. The Hall–Kier alpha value is -4.56. The van der Waals surface area contributed by atoms with Crippen molar-refractivity contribution in [3.05, 3.63) is 77.9 Å². The van der Waals surface area contributed by atoms with Gasteiger partial charge in [-0.05, 0) is 42.8 Å². The molecular weight excluding hydrogens is 539 g/mol. The molecule has 41 heavy (non-hydrogen) atoms. The van der Waals surface area contributed by atoms with Gasteiger partial charge in [0.05, 0.1) is 18.8 Å². The molecule has 3 N–H and O–H groups in total. The summed E-state index contributed by atoms with van der Waals surface area (Å²) in [4.78, 5) is 27.9. The zero-order valence-electron chi connectivity index (χ0n) is 22.1. The van der Waals surface area contributed by atoms with Crippen LogP contribution in [0.25, 0.3) is 5.82 Å². The molecular formula is C27H28F3N9O2. The van der Waals surface area contributed by atoms with E-state index in [1.54, 1.807) is 24.3 Å². The summed E-state index contributed by atoms with van der Waals surface area (Å²) in [6.45, 7) is 6.72. The van der Waals surface area contributed by atoms with Crippen LogP contribution in [0.2, 0.25) is 0 Å². The van der Waals surface area contributed by atoms with Crippen molar-refractivity contribution in [3.8, 4) is 5.82 Å². The standard InChI is InChI=1S/C27H28F3N9O2/c1-18-5-6-21(36-25(40)19-3-2-4-20(13-19)27(28,29)30)14-22(18)37-26-34-17-35-39(26)24-15-23(32-16-33-24)31-7-8-38-9-11-41-12-10-38/h2-6,13-17H,7-12H2,1H3,(H,36,40)(H,31,32,33)(H,34,35,37). The number of morpholine rings is 1. The molecule has 11 nitrogen and oxygen atoms in total. The average molecular weight is 568 g/mol. The molecule has 1 aliphatic heterocycles. The molecule has 0 spiro atoms. The van der Waals surface area contributed by atoms with E-state index in [2.05, 4.69) is 40.9 Å². The van der Waals surface area contributed by atoms with Gasteiger partial charge in [-0.2, -0.15) is 27.9 Å². The molecule has 2 aromatic carbocycles. The Morgan fingerprint density at radius 3 is 2.66 bits per heavy atom. The lowest BCUT2D eigenvalue weighted by Crippen LogP contribution is -2.39. The number of halogens is 3. The molecule has 5 rings (SSSR count). The van der Waals surface area contributed by atoms with Gasteiger partial charge in [0.2, 0.25) is 5.95 Å². The van der Waals surface area contributed by atoms with E-state index in [0.29, 0.717) is 35.5 Å². The number of nitrogens with zero attached hydrogens (tertiary/aromatic N) is 6. The lowest BCUT2D eigenvalue weighted by molar-refractivity contribution is -0.137. The highest BCUT2D eigenvalue weighted by atomic mass is 19.4. The molecule has 214 valence electrons. The zero-order valence-corrected chi connectivity index (χ0v) is 22.1. The van der Waals surface area contributed by atoms with Crippen LogP contribution in [0, 0.1) is 6.92 Å². The smallest absolute Gasteiger partial charge is 0.379 e. The fraction of sp³-hybridized carbons (Fsp3) is 0.296. The van der Waals surface area contributed by atoms with E-state index in [0.717, 1.165) is 50.5 Å². The molecule has 0 unspecified atom stereocenters. The number of carbonyl (C=O) groups is 1. The highest BCUT2D eigenvalue weighted by molar-refractivity contribution is 6.04. The molecule has 1 amide bonds. The second-order valence-electron chi connectivity index (χ2n) is 9.33. The third kappa shape index (κ3) is 7.15. The number of ether oxygens (including phenoxy) is 1. The number of nitrogens with one attached hydrogen (secondary N) is 3. The van der Waals surface area contributed by atoms with E-state index in [4.69, 9.17) is 4.74 Å². The molecule has 0 saturated carbocycles. The lowest BCUT2D eigenvalue weighted by atomic mass is 10.1. The van der Waals surface area contributed by atoms with Crippen LogP contribution in [0.5, 0.6) is 0 Å². The van der Waals surface area contributed by atoms with Gasteiger partial charge < -0.3 is 20.7 Å². The minimum Gasteiger partial charge on any atom is -0.379 e. The predicted molar refractivity (Wildman–Crippen MR) is 147 cm³/mol. The quantitative estimate of drug-likeness (QED) is 0.274. The highest BCUT2D eigenvalue weighted by Gasteiger charge is 2.31. The summed E-state index contributed by atoms with van der Waals surface area (Å²) in [6.07, 6.45) is -1.73. The first-order valence-corrected chi connectivity index (χ1v) is 12.9. The van der Waals surface area contributed by atoms with Gasteiger partial charge in [-0.15, -0.1) is 0 Å². The monoisotopic (exact) mass is 567 g/mol. The molecule has 0 atom stereocenters. The topological polar surface area (TPSA) is 122 Å². The summed E-state index contributed by atoms with van der Waals surface area (Å²) in [5.41, 5.74) is 0.841. The number of carbonyl (C=O) groups excluding carboxylic acids is 1. The Labute approximate surface area is 233 Å². The Kier molecular flexibility index (Phi) is 8.40. The summed E-state index contributed by atoms with van der Waals surface area (Å²) in [7, 11) is 0. The molecule has 0 bridgehead atoms. The van der Waals surface area contributed by atoms with Crippen LogP contribution in [-0.2, 0) is 10.9 Å². The fourth-order valence-electron chi connectivity index (χ4n) is 4.22. The molecule has 1 aliphatic rings. The van der Waals surface area contributed by atoms with Crippen molar-refractivity contribution in [3.63, 3.8) is 0 Å². The second kappa shape index (κ2) is 12.3. The third-order valence-corrected chi connectivity index (χ3v) is 6.45. The van der Waals surface area contributed by atoms with Crippen molar-refractivity contribution in [1.82, 2.24) is 29.6 Å². The normalized spacial score (nSPS) is 14.0. The number of aryl methyl sites for hydroxylation is 1. The van der Waals surface area contributed by atoms with Gasteiger partial charge in [-0.25, -0.2) is 9.97 Å². The van der Waals surface area contributed by atoms with Gasteiger partial charge in [0.1, 0.15) is 18.5 Å². The van der Waals surface area contributed by atoms with E-state index < -0.39 is 17.6 Å². The number of anilines is 4. The Morgan fingerprint density at radius 2 is 1.85 bits per heavy atom. The van der Waals surface area contributed by atoms with Crippen LogP contribution < -0.4 is 16.0 Å². The van der Waals surface area contributed by atoms with E-state index in [-0.39, 0.29) is 5.56 Å². The van der Waals surface area contributed by atoms with E-state index >= 15 is 0 Å². The number of alkyl halides is 3. The molecule has 2 aromatic heterocycles. The van der Waals surface area contributed by atoms with Crippen molar-refractivity contribution in [1.29, 1.82) is 0 Å². The van der Waals surface area contributed by atoms with Crippen molar-refractivity contribution in [2.24, 2.45) is 0 Å². The molecule has 3 heterocycles. The molecule has 4 aromatic rings. The lowest BCUT2D eigenvalue weighted by Gasteiger charge is -2.26. The maximum atomic E-state index is 13.1. The molecule has 0 radical (unpaired) electrons. The van der Waals surface area contributed by atoms with Gasteiger partial charge in [0.25, 0.3) is 5.91 Å². The number of amides is 1. The molecule has 14 heteroatoms. The summed E-state index contributed by atoms with van der Waals surface area (Å²) in [5.74, 6) is 0.830. The number of aromatic nitrogens is 5. The Bertz CT molecular complexity index is 1500. The van der Waals surface area contributed by atoms with Crippen LogP contribution in [0.1, 0.15) is 21.5 Å². The molecule has 1 fully saturated rings. The van der Waals surface area contributed by atoms with Gasteiger partial charge in [0.15, 0.2) is 5.82 Å². The molecule has 0 aliphatic carbocycles. The number of hydrogen-bond donors (Lipinski definition) is 3. The first-order valence-electron chi connectivity index (χ1n) is 12.9. The Morgan fingerprint density at radius 1 is 1.02 bits per heavy atom. The van der Waals surface area contributed by atoms with Gasteiger partial charge in [-0.1, -0.05) is 12.1 Å². The summed E-state index contributed by atoms with van der Waals surface area (Å²) in [5, 5.41) is 13.4. The van der Waals surface area contributed by atoms with Crippen LogP contribution in [0.4, 0.5) is 36.3 Å². The van der Waals surface area contributed by atoms with Crippen molar-refractivity contribution < 1.29 is 22.7 Å². The molecule has 1 saturated heterocycles. The first-order chi connectivity index (χ1) is 19.8. The zero-order chi connectivity index (χ0) is 28.8. The van der Waals surface area contributed by atoms with Gasteiger partial charge in [0, 0.05) is 49.2 Å².